The van der Waals surface area contributed by atoms with Gasteiger partial charge in [0.25, 0.3) is 0 Å². The van der Waals surface area contributed by atoms with Crippen LogP contribution in [0.4, 0.5) is 0 Å². The highest BCUT2D eigenvalue weighted by Crippen LogP contribution is 2.48. The first-order valence-corrected chi connectivity index (χ1v) is 7.56. The van der Waals surface area contributed by atoms with Crippen molar-refractivity contribution in [2.45, 2.75) is 58.3 Å². The molecule has 0 spiro atoms. The highest BCUT2D eigenvalue weighted by molar-refractivity contribution is 9.10. The molecule has 1 aliphatic heterocycles. The molecule has 2 nitrogen and oxygen atoms in total. The number of benzene rings is 1. The van der Waals surface area contributed by atoms with E-state index >= 15 is 0 Å². The van der Waals surface area contributed by atoms with Gasteiger partial charge in [-0.15, -0.1) is 0 Å². The summed E-state index contributed by atoms with van der Waals surface area (Å²) in [7, 11) is 0. The van der Waals surface area contributed by atoms with E-state index in [1.807, 2.05) is 25.1 Å². The molecule has 106 valence electrons. The van der Waals surface area contributed by atoms with E-state index in [9.17, 15) is 5.11 Å². The van der Waals surface area contributed by atoms with Crippen molar-refractivity contribution in [1.82, 2.24) is 0 Å². The molecule has 1 aromatic carbocycles. The minimum absolute atomic E-state index is 0.107. The molecule has 3 heteroatoms. The first-order chi connectivity index (χ1) is 8.62. The largest absolute Gasteiger partial charge is 0.388 e. The quantitative estimate of drug-likeness (QED) is 0.873. The van der Waals surface area contributed by atoms with Gasteiger partial charge in [0.2, 0.25) is 0 Å². The van der Waals surface area contributed by atoms with Crippen LogP contribution in [0.5, 0.6) is 0 Å². The number of ether oxygens (including phenoxy) is 1. The van der Waals surface area contributed by atoms with Crippen molar-refractivity contribution < 1.29 is 9.84 Å². The van der Waals surface area contributed by atoms with Gasteiger partial charge in [-0.25, -0.2) is 0 Å². The third-order valence-corrected chi connectivity index (χ3v) is 4.58. The molecule has 0 radical (unpaired) electrons. The SMILES string of the molecule is Cc1ccc(Br)cc1C(O)C1CC(C)(C)OC1(C)C. The van der Waals surface area contributed by atoms with E-state index < -0.39 is 6.10 Å². The van der Waals surface area contributed by atoms with E-state index in [0.29, 0.717) is 0 Å². The molecule has 1 fully saturated rings. The Labute approximate surface area is 124 Å². The van der Waals surface area contributed by atoms with Crippen LogP contribution < -0.4 is 0 Å². The van der Waals surface area contributed by atoms with Crippen molar-refractivity contribution in [3.8, 4) is 0 Å². The fourth-order valence-corrected chi connectivity index (χ4v) is 3.62. The van der Waals surface area contributed by atoms with Crippen LogP contribution in [0.15, 0.2) is 22.7 Å². The summed E-state index contributed by atoms with van der Waals surface area (Å²) in [6.07, 6.45) is 0.377. The average molecular weight is 327 g/mol. The van der Waals surface area contributed by atoms with Crippen LogP contribution in [0, 0.1) is 12.8 Å². The highest BCUT2D eigenvalue weighted by atomic mass is 79.9. The molecule has 2 atom stereocenters. The van der Waals surface area contributed by atoms with Crippen LogP contribution in [0.2, 0.25) is 0 Å². The molecule has 2 rings (SSSR count). The van der Waals surface area contributed by atoms with Gasteiger partial charge in [0.1, 0.15) is 0 Å². The molecule has 1 N–H and O–H groups in total. The van der Waals surface area contributed by atoms with E-state index in [-0.39, 0.29) is 17.1 Å². The van der Waals surface area contributed by atoms with Crippen molar-refractivity contribution in [2.75, 3.05) is 0 Å². The monoisotopic (exact) mass is 326 g/mol. The van der Waals surface area contributed by atoms with Crippen molar-refractivity contribution in [1.29, 1.82) is 0 Å². The lowest BCUT2D eigenvalue weighted by Crippen LogP contribution is -2.32. The Morgan fingerprint density at radius 1 is 1.32 bits per heavy atom. The van der Waals surface area contributed by atoms with Crippen molar-refractivity contribution in [2.24, 2.45) is 5.92 Å². The summed E-state index contributed by atoms with van der Waals surface area (Å²) in [5.41, 5.74) is 1.64. The van der Waals surface area contributed by atoms with Crippen molar-refractivity contribution in [3.05, 3.63) is 33.8 Å². The summed E-state index contributed by atoms with van der Waals surface area (Å²) >= 11 is 3.48. The van der Waals surface area contributed by atoms with Crippen molar-refractivity contribution >= 4 is 15.9 Å². The third-order valence-electron chi connectivity index (χ3n) is 4.08. The van der Waals surface area contributed by atoms with Gasteiger partial charge in [-0.05, 0) is 64.3 Å². The van der Waals surface area contributed by atoms with Gasteiger partial charge in [-0.1, -0.05) is 22.0 Å². The predicted molar refractivity (Wildman–Crippen MR) is 81.2 cm³/mol. The Bertz CT molecular complexity index is 480. The number of aliphatic hydroxyl groups excluding tert-OH is 1. The Kier molecular flexibility index (Phi) is 3.85. The maximum absolute atomic E-state index is 10.8. The molecule has 19 heavy (non-hydrogen) atoms. The number of hydrogen-bond acceptors (Lipinski definition) is 2. The summed E-state index contributed by atoms with van der Waals surface area (Å²) in [6, 6.07) is 6.06. The Hall–Kier alpha value is -0.380. The molecule has 0 aromatic heterocycles. The van der Waals surface area contributed by atoms with Gasteiger partial charge in [0.05, 0.1) is 17.3 Å². The molecule has 0 aliphatic carbocycles. The van der Waals surface area contributed by atoms with Crippen LogP contribution in [0.1, 0.15) is 51.3 Å². The fourth-order valence-electron chi connectivity index (χ4n) is 3.24. The second kappa shape index (κ2) is 4.87. The Balaban J connectivity index is 2.34. The van der Waals surface area contributed by atoms with Crippen LogP contribution >= 0.6 is 15.9 Å². The zero-order valence-electron chi connectivity index (χ0n) is 12.3. The van der Waals surface area contributed by atoms with Gasteiger partial charge in [0.15, 0.2) is 0 Å². The normalized spacial score (nSPS) is 26.4. The van der Waals surface area contributed by atoms with E-state index in [0.717, 1.165) is 22.0 Å². The van der Waals surface area contributed by atoms with Gasteiger partial charge in [0, 0.05) is 10.4 Å². The smallest absolute Gasteiger partial charge is 0.0849 e. The van der Waals surface area contributed by atoms with Crippen LogP contribution in [0.25, 0.3) is 0 Å². The summed E-state index contributed by atoms with van der Waals surface area (Å²) < 4.78 is 7.09. The van der Waals surface area contributed by atoms with Gasteiger partial charge >= 0.3 is 0 Å². The second-order valence-corrected chi connectivity index (χ2v) is 7.64. The third kappa shape index (κ3) is 3.04. The molecule has 1 saturated heterocycles. The maximum atomic E-state index is 10.8. The molecular formula is C16H23BrO2. The molecule has 1 heterocycles. The summed E-state index contributed by atoms with van der Waals surface area (Å²) in [5.74, 6) is 0.107. The first-order valence-electron chi connectivity index (χ1n) is 6.77. The predicted octanol–water partition coefficient (Wildman–Crippen LogP) is 4.38. The molecule has 0 saturated carbocycles. The number of halogens is 1. The summed E-state index contributed by atoms with van der Waals surface area (Å²) in [5, 5.41) is 10.8. The number of hydrogen-bond donors (Lipinski definition) is 1. The average Bonchev–Trinajstić information content (AvgIpc) is 2.49. The summed E-state index contributed by atoms with van der Waals surface area (Å²) in [6.45, 7) is 10.4. The van der Waals surface area contributed by atoms with Gasteiger partial charge in [-0.2, -0.15) is 0 Å². The van der Waals surface area contributed by atoms with E-state index in [2.05, 4.69) is 43.6 Å². The first kappa shape index (κ1) is 15.0. The zero-order valence-corrected chi connectivity index (χ0v) is 13.9. The lowest BCUT2D eigenvalue weighted by Gasteiger charge is -2.31. The van der Waals surface area contributed by atoms with Crippen LogP contribution in [0.3, 0.4) is 0 Å². The van der Waals surface area contributed by atoms with Crippen molar-refractivity contribution in [3.63, 3.8) is 0 Å². The Morgan fingerprint density at radius 2 is 1.95 bits per heavy atom. The van der Waals surface area contributed by atoms with E-state index in [1.54, 1.807) is 0 Å². The Morgan fingerprint density at radius 3 is 2.47 bits per heavy atom. The molecule has 2 unspecified atom stereocenters. The zero-order chi connectivity index (χ0) is 14.4. The standard InChI is InChI=1S/C16H23BrO2/c1-10-6-7-11(17)8-12(10)14(18)13-9-15(2,3)19-16(13,4)5/h6-8,13-14,18H,9H2,1-5H3. The molecular weight excluding hydrogens is 304 g/mol. The lowest BCUT2D eigenvalue weighted by molar-refractivity contribution is -0.0880. The minimum Gasteiger partial charge on any atom is -0.388 e. The van der Waals surface area contributed by atoms with E-state index in [4.69, 9.17) is 4.74 Å². The number of aliphatic hydroxyl groups is 1. The second-order valence-electron chi connectivity index (χ2n) is 6.72. The minimum atomic E-state index is -0.491. The number of rotatable bonds is 2. The topological polar surface area (TPSA) is 29.5 Å². The molecule has 1 aromatic rings. The lowest BCUT2D eigenvalue weighted by atomic mass is 9.79. The molecule has 0 amide bonds. The molecule has 1 aliphatic rings. The fraction of sp³-hybridized carbons (Fsp3) is 0.625. The van der Waals surface area contributed by atoms with Crippen LogP contribution in [-0.2, 0) is 4.74 Å². The summed E-state index contributed by atoms with van der Waals surface area (Å²) in [4.78, 5) is 0. The number of aryl methyl sites for hydroxylation is 1. The maximum Gasteiger partial charge on any atom is 0.0849 e. The van der Waals surface area contributed by atoms with Crippen LogP contribution in [-0.4, -0.2) is 16.3 Å². The van der Waals surface area contributed by atoms with Gasteiger partial charge in [-0.3, -0.25) is 0 Å². The van der Waals surface area contributed by atoms with Gasteiger partial charge < -0.3 is 9.84 Å². The highest BCUT2D eigenvalue weighted by Gasteiger charge is 2.49. The van der Waals surface area contributed by atoms with E-state index in [1.165, 1.54) is 0 Å². The molecule has 0 bridgehead atoms.